The molecule has 3 N–H and O–H groups in total. The molecule has 0 spiro atoms. The van der Waals surface area contributed by atoms with E-state index in [1.165, 1.54) is 16.0 Å². The number of hydrogen-bond donors (Lipinski definition) is 3. The predicted molar refractivity (Wildman–Crippen MR) is 196 cm³/mol. The van der Waals surface area contributed by atoms with Crippen LogP contribution in [0.2, 0.25) is 0 Å². The minimum absolute atomic E-state index is 0.0410. The predicted octanol–water partition coefficient (Wildman–Crippen LogP) is 6.20. The van der Waals surface area contributed by atoms with Gasteiger partial charge in [-0.1, -0.05) is 54.6 Å². The Balaban J connectivity index is 1.69. The van der Waals surface area contributed by atoms with E-state index in [1.54, 1.807) is 48.6 Å². The molecule has 2 aromatic rings. The zero-order valence-corrected chi connectivity index (χ0v) is 31.5. The third kappa shape index (κ3) is 20.0. The highest BCUT2D eigenvalue weighted by molar-refractivity contribution is 5.85. The van der Waals surface area contributed by atoms with Crippen molar-refractivity contribution in [2.75, 3.05) is 20.1 Å². The van der Waals surface area contributed by atoms with Crippen molar-refractivity contribution in [2.45, 2.75) is 123 Å². The number of nitrogens with zero attached hydrogens (tertiary/aromatic N) is 1. The van der Waals surface area contributed by atoms with Crippen LogP contribution in [-0.2, 0) is 48.0 Å². The van der Waals surface area contributed by atoms with E-state index in [4.69, 9.17) is 14.3 Å². The Hall–Kier alpha value is -4.61. The lowest BCUT2D eigenvalue weighted by molar-refractivity contribution is -0.158. The van der Waals surface area contributed by atoms with Crippen molar-refractivity contribution in [2.24, 2.45) is 0 Å². The summed E-state index contributed by atoms with van der Waals surface area (Å²) < 4.78 is 10.7. The first-order valence-corrected chi connectivity index (χ1v) is 17.8. The summed E-state index contributed by atoms with van der Waals surface area (Å²) in [4.78, 5) is 68.5. The number of aryl methyl sites for hydroxylation is 2. The molecule has 0 aliphatic carbocycles. The zero-order valence-electron chi connectivity index (χ0n) is 31.5. The smallest absolute Gasteiger partial charge is 0.410 e. The molecule has 0 radical (unpaired) electrons. The third-order valence-electron chi connectivity index (χ3n) is 7.50. The summed E-state index contributed by atoms with van der Waals surface area (Å²) in [6, 6.07) is 17.4. The van der Waals surface area contributed by atoms with Crippen molar-refractivity contribution in [1.82, 2.24) is 21.0 Å². The lowest BCUT2D eigenvalue weighted by Crippen LogP contribution is -2.48. The van der Waals surface area contributed by atoms with Crippen LogP contribution in [0, 0.1) is 0 Å². The Kier molecular flexibility index (Phi) is 18.0. The lowest BCUT2D eigenvalue weighted by Gasteiger charge is -2.25. The number of carbonyl (C=O) groups excluding carboxylic acids is 5. The van der Waals surface area contributed by atoms with Crippen molar-refractivity contribution in [3.63, 3.8) is 0 Å². The van der Waals surface area contributed by atoms with Gasteiger partial charge >= 0.3 is 18.2 Å². The Morgan fingerprint density at radius 2 is 1.31 bits per heavy atom. The van der Waals surface area contributed by atoms with Gasteiger partial charge in [-0.2, -0.15) is 5.48 Å². The van der Waals surface area contributed by atoms with Crippen LogP contribution in [0.5, 0.6) is 0 Å². The molecule has 0 heterocycles. The molecule has 12 nitrogen and oxygen atoms in total. The zero-order chi connectivity index (χ0) is 37.9. The Bertz CT molecular complexity index is 1380. The molecular weight excluding hydrogens is 652 g/mol. The van der Waals surface area contributed by atoms with Crippen molar-refractivity contribution in [1.29, 1.82) is 0 Å². The molecule has 0 aliphatic heterocycles. The standard InChI is InChI=1S/C39H58N4O8/c1-38(2,3)49-36(47)41-32(20-13-14-27-43(7)37(48)50-39(4,5)6)35(46)40-26-15-21-34(45)51-42-33(44)28-31-24-22-30(23-25-31)19-12-11-18-29-16-9-8-10-17-29/h8-10,16-17,22-25,32H,11-15,18-21,26-28H2,1-7H3,(H,40,46)(H,41,47)(H,42,44)/t32-/m0/s1. The normalized spacial score (nSPS) is 11.9. The SMILES string of the molecule is CN(CCCC[C@H](NC(=O)OC(C)(C)C)C(=O)NCCCC(=O)ONC(=O)Cc1ccc(CCCCc2ccccc2)cc1)C(=O)OC(C)(C)C. The van der Waals surface area contributed by atoms with Crippen LogP contribution in [0.25, 0.3) is 0 Å². The van der Waals surface area contributed by atoms with E-state index in [-0.39, 0.29) is 25.8 Å². The molecule has 282 valence electrons. The van der Waals surface area contributed by atoms with Crippen LogP contribution in [-0.4, -0.2) is 72.3 Å². The molecule has 0 saturated carbocycles. The summed E-state index contributed by atoms with van der Waals surface area (Å²) in [7, 11) is 1.64. The molecule has 0 bridgehead atoms. The first-order valence-electron chi connectivity index (χ1n) is 17.8. The van der Waals surface area contributed by atoms with Crippen LogP contribution in [0.3, 0.4) is 0 Å². The maximum atomic E-state index is 13.0. The van der Waals surface area contributed by atoms with Gasteiger partial charge in [0.25, 0.3) is 5.91 Å². The van der Waals surface area contributed by atoms with Gasteiger partial charge in [0.1, 0.15) is 17.2 Å². The first kappa shape index (κ1) is 42.6. The molecule has 1 atom stereocenters. The molecule has 0 saturated heterocycles. The number of nitrogens with one attached hydrogen (secondary N) is 3. The molecule has 0 aromatic heterocycles. The summed E-state index contributed by atoms with van der Waals surface area (Å²) in [6.45, 7) is 11.1. The number of rotatable bonds is 18. The van der Waals surface area contributed by atoms with Crippen molar-refractivity contribution in [3.05, 3.63) is 71.3 Å². The fraction of sp³-hybridized carbons (Fsp3) is 0.564. The molecule has 0 aliphatic rings. The quantitative estimate of drug-likeness (QED) is 0.0941. The summed E-state index contributed by atoms with van der Waals surface area (Å²) in [5, 5.41) is 5.36. The largest absolute Gasteiger partial charge is 0.444 e. The van der Waals surface area contributed by atoms with E-state index in [2.05, 4.69) is 40.4 Å². The number of carbonyl (C=O) groups is 5. The van der Waals surface area contributed by atoms with Crippen LogP contribution in [0.15, 0.2) is 54.6 Å². The van der Waals surface area contributed by atoms with E-state index >= 15 is 0 Å². The topological polar surface area (TPSA) is 152 Å². The molecule has 51 heavy (non-hydrogen) atoms. The van der Waals surface area contributed by atoms with Gasteiger partial charge in [-0.05, 0) is 110 Å². The maximum absolute atomic E-state index is 13.0. The third-order valence-corrected chi connectivity index (χ3v) is 7.50. The van der Waals surface area contributed by atoms with Crippen LogP contribution in [0.4, 0.5) is 9.59 Å². The molecule has 2 aromatic carbocycles. The maximum Gasteiger partial charge on any atom is 0.410 e. The lowest BCUT2D eigenvalue weighted by atomic mass is 10.0. The second-order valence-electron chi connectivity index (χ2n) is 14.7. The Morgan fingerprint density at radius 3 is 1.92 bits per heavy atom. The van der Waals surface area contributed by atoms with E-state index in [9.17, 15) is 24.0 Å². The molecular formula is C39H58N4O8. The minimum atomic E-state index is -0.883. The van der Waals surface area contributed by atoms with Gasteiger partial charge in [-0.15, -0.1) is 0 Å². The van der Waals surface area contributed by atoms with Gasteiger partial charge in [0, 0.05) is 26.6 Å². The van der Waals surface area contributed by atoms with Gasteiger partial charge < -0.3 is 29.8 Å². The summed E-state index contributed by atoms with van der Waals surface area (Å²) in [6.07, 6.45) is 4.75. The number of unbranched alkanes of at least 4 members (excludes halogenated alkanes) is 2. The van der Waals surface area contributed by atoms with Crippen LogP contribution >= 0.6 is 0 Å². The summed E-state index contributed by atoms with van der Waals surface area (Å²) in [5.74, 6) is -1.51. The average molecular weight is 711 g/mol. The number of ether oxygens (including phenoxy) is 2. The van der Waals surface area contributed by atoms with Crippen LogP contribution < -0.4 is 16.1 Å². The van der Waals surface area contributed by atoms with Crippen molar-refractivity contribution >= 4 is 30.0 Å². The molecule has 0 unspecified atom stereocenters. The van der Waals surface area contributed by atoms with Gasteiger partial charge in [-0.3, -0.25) is 9.59 Å². The number of alkyl carbamates (subject to hydrolysis) is 1. The van der Waals surface area contributed by atoms with Crippen molar-refractivity contribution < 1.29 is 38.3 Å². The molecule has 0 fully saturated rings. The van der Waals surface area contributed by atoms with E-state index < -0.39 is 47.2 Å². The van der Waals surface area contributed by atoms with Crippen LogP contribution in [0.1, 0.15) is 103 Å². The Morgan fingerprint density at radius 1 is 0.725 bits per heavy atom. The first-order chi connectivity index (χ1) is 24.0. The highest BCUT2D eigenvalue weighted by Crippen LogP contribution is 2.13. The fourth-order valence-electron chi connectivity index (χ4n) is 4.93. The number of benzene rings is 2. The number of hydroxylamine groups is 1. The average Bonchev–Trinajstić information content (AvgIpc) is 3.05. The van der Waals surface area contributed by atoms with E-state index in [1.807, 2.05) is 30.3 Å². The molecule has 4 amide bonds. The highest BCUT2D eigenvalue weighted by atomic mass is 16.7. The van der Waals surface area contributed by atoms with E-state index in [0.717, 1.165) is 31.2 Å². The second-order valence-corrected chi connectivity index (χ2v) is 14.7. The number of hydrogen-bond acceptors (Lipinski definition) is 8. The molecule has 2 rings (SSSR count). The second kappa shape index (κ2) is 21.6. The fourth-order valence-corrected chi connectivity index (χ4v) is 4.93. The van der Waals surface area contributed by atoms with Gasteiger partial charge in [-0.25, -0.2) is 14.4 Å². The van der Waals surface area contributed by atoms with Crippen molar-refractivity contribution in [3.8, 4) is 0 Å². The van der Waals surface area contributed by atoms with Gasteiger partial charge in [0.2, 0.25) is 5.91 Å². The Labute approximate surface area is 303 Å². The monoisotopic (exact) mass is 710 g/mol. The highest BCUT2D eigenvalue weighted by Gasteiger charge is 2.25. The number of amides is 4. The summed E-state index contributed by atoms with van der Waals surface area (Å²) >= 11 is 0. The van der Waals surface area contributed by atoms with Gasteiger partial charge in [0.05, 0.1) is 6.42 Å². The minimum Gasteiger partial charge on any atom is -0.444 e. The van der Waals surface area contributed by atoms with E-state index in [0.29, 0.717) is 25.8 Å². The summed E-state index contributed by atoms with van der Waals surface area (Å²) in [5.41, 5.74) is 4.21. The molecule has 12 heteroatoms. The van der Waals surface area contributed by atoms with Gasteiger partial charge in [0.15, 0.2) is 0 Å².